The largest absolute Gasteiger partial charge is 0.465 e. The molecule has 0 bridgehead atoms. The fourth-order valence-electron chi connectivity index (χ4n) is 1.20. The number of methoxy groups -OCH3 is 1. The number of thiol groups is 1. The van der Waals surface area contributed by atoms with Crippen LogP contribution in [0.3, 0.4) is 0 Å². The summed E-state index contributed by atoms with van der Waals surface area (Å²) in [6.45, 7) is 0. The lowest BCUT2D eigenvalue weighted by atomic mass is 10.2. The normalized spacial score (nSPS) is 10.6. The van der Waals surface area contributed by atoms with Gasteiger partial charge in [0, 0.05) is 6.07 Å². The van der Waals surface area contributed by atoms with E-state index in [0.717, 1.165) is 0 Å². The number of rotatable bonds is 1. The Bertz CT molecular complexity index is 537. The lowest BCUT2D eigenvalue weighted by molar-refractivity contribution is 0.0601. The molecule has 0 spiro atoms. The summed E-state index contributed by atoms with van der Waals surface area (Å²) in [5.74, 6) is -0.509. The van der Waals surface area contributed by atoms with Crippen molar-refractivity contribution in [2.24, 2.45) is 0 Å². The number of benzene rings is 1. The van der Waals surface area contributed by atoms with Crippen molar-refractivity contribution in [3.63, 3.8) is 0 Å². The summed E-state index contributed by atoms with van der Waals surface area (Å²) in [6, 6.07) is 3.02. The maximum absolute atomic E-state index is 11.3. The maximum atomic E-state index is 11.3. The standard InChI is InChI=1S/C9H6ClNO3S/c1-13-8(12)4-2-6-7(3-5(4)10)14-9(15)11-6/h2-3H,1H3,(H,11,15). The number of hydrogen-bond donors (Lipinski definition) is 1. The van der Waals surface area contributed by atoms with Gasteiger partial charge in [-0.3, -0.25) is 0 Å². The summed E-state index contributed by atoms with van der Waals surface area (Å²) in [6.07, 6.45) is 0. The molecule has 0 fully saturated rings. The highest BCUT2D eigenvalue weighted by Crippen LogP contribution is 2.26. The van der Waals surface area contributed by atoms with Crippen LogP contribution in [-0.2, 0) is 4.74 Å². The zero-order valence-corrected chi connectivity index (χ0v) is 9.30. The van der Waals surface area contributed by atoms with Crippen LogP contribution in [0.25, 0.3) is 11.1 Å². The summed E-state index contributed by atoms with van der Waals surface area (Å²) in [7, 11) is 1.29. The van der Waals surface area contributed by atoms with Gasteiger partial charge in [-0.2, -0.15) is 0 Å². The second kappa shape index (κ2) is 3.75. The van der Waals surface area contributed by atoms with Crippen LogP contribution in [0.5, 0.6) is 0 Å². The van der Waals surface area contributed by atoms with Crippen molar-refractivity contribution in [3.05, 3.63) is 22.7 Å². The molecule has 0 saturated heterocycles. The van der Waals surface area contributed by atoms with E-state index >= 15 is 0 Å². The van der Waals surface area contributed by atoms with Gasteiger partial charge in [0.15, 0.2) is 5.58 Å². The Kier molecular flexibility index (Phi) is 2.58. The number of ether oxygens (including phenoxy) is 1. The smallest absolute Gasteiger partial charge is 0.339 e. The SMILES string of the molecule is COC(=O)c1cc2nc(S)oc2cc1Cl. The van der Waals surface area contributed by atoms with E-state index in [1.54, 1.807) is 0 Å². The molecule has 6 heteroatoms. The number of aromatic nitrogens is 1. The van der Waals surface area contributed by atoms with Gasteiger partial charge in [0.05, 0.1) is 17.7 Å². The van der Waals surface area contributed by atoms with E-state index < -0.39 is 5.97 Å². The highest BCUT2D eigenvalue weighted by molar-refractivity contribution is 7.80. The first-order chi connectivity index (χ1) is 7.11. The van der Waals surface area contributed by atoms with Crippen molar-refractivity contribution in [3.8, 4) is 0 Å². The predicted molar refractivity (Wildman–Crippen MR) is 57.6 cm³/mol. The van der Waals surface area contributed by atoms with E-state index in [2.05, 4.69) is 22.3 Å². The molecule has 0 N–H and O–H groups in total. The molecule has 0 aliphatic carbocycles. The van der Waals surface area contributed by atoms with Crippen molar-refractivity contribution in [1.29, 1.82) is 0 Å². The summed E-state index contributed by atoms with van der Waals surface area (Å²) in [5, 5.41) is 0.488. The third-order valence-electron chi connectivity index (χ3n) is 1.87. The lowest BCUT2D eigenvalue weighted by Crippen LogP contribution is -2.01. The van der Waals surface area contributed by atoms with Crippen molar-refractivity contribution in [1.82, 2.24) is 4.98 Å². The van der Waals surface area contributed by atoms with Gasteiger partial charge in [-0.1, -0.05) is 24.2 Å². The highest BCUT2D eigenvalue weighted by Gasteiger charge is 2.14. The molecule has 0 amide bonds. The van der Waals surface area contributed by atoms with Crippen LogP contribution < -0.4 is 0 Å². The molecule has 0 unspecified atom stereocenters. The van der Waals surface area contributed by atoms with Crippen molar-refractivity contribution >= 4 is 41.3 Å². The molecule has 0 aliphatic heterocycles. The van der Waals surface area contributed by atoms with E-state index in [9.17, 15) is 4.79 Å². The fourth-order valence-corrected chi connectivity index (χ4v) is 1.64. The molecule has 0 saturated carbocycles. The number of esters is 1. The summed E-state index contributed by atoms with van der Waals surface area (Å²) in [4.78, 5) is 15.3. The Morgan fingerprint density at radius 3 is 3.00 bits per heavy atom. The second-order valence-electron chi connectivity index (χ2n) is 2.79. The Balaban J connectivity index is 2.66. The van der Waals surface area contributed by atoms with E-state index in [1.807, 2.05) is 0 Å². The molecule has 1 aromatic carbocycles. The monoisotopic (exact) mass is 243 g/mol. The van der Waals surface area contributed by atoms with Gasteiger partial charge in [0.2, 0.25) is 0 Å². The van der Waals surface area contributed by atoms with Crippen LogP contribution in [0.4, 0.5) is 0 Å². The number of hydrogen-bond acceptors (Lipinski definition) is 5. The maximum Gasteiger partial charge on any atom is 0.339 e. The van der Waals surface area contributed by atoms with E-state index in [4.69, 9.17) is 16.0 Å². The van der Waals surface area contributed by atoms with E-state index in [1.165, 1.54) is 19.2 Å². The molecule has 78 valence electrons. The Morgan fingerprint density at radius 1 is 1.60 bits per heavy atom. The van der Waals surface area contributed by atoms with Crippen molar-refractivity contribution in [2.45, 2.75) is 5.22 Å². The molecule has 2 aromatic rings. The number of carbonyl (C=O) groups excluding carboxylic acids is 1. The molecular weight excluding hydrogens is 238 g/mol. The molecular formula is C9H6ClNO3S. The molecule has 1 aromatic heterocycles. The summed E-state index contributed by atoms with van der Waals surface area (Å²) < 4.78 is 9.71. The zero-order valence-electron chi connectivity index (χ0n) is 7.65. The number of carbonyl (C=O) groups is 1. The average Bonchev–Trinajstić information content (AvgIpc) is 2.55. The second-order valence-corrected chi connectivity index (χ2v) is 3.58. The average molecular weight is 244 g/mol. The third-order valence-corrected chi connectivity index (χ3v) is 2.38. The van der Waals surface area contributed by atoms with Gasteiger partial charge in [0.25, 0.3) is 5.22 Å². The Labute approximate surface area is 95.6 Å². The third kappa shape index (κ3) is 1.80. The van der Waals surface area contributed by atoms with Crippen LogP contribution in [0.1, 0.15) is 10.4 Å². The van der Waals surface area contributed by atoms with Crippen LogP contribution in [0, 0.1) is 0 Å². The minimum atomic E-state index is -0.509. The first kappa shape index (κ1) is 10.3. The highest BCUT2D eigenvalue weighted by atomic mass is 35.5. The van der Waals surface area contributed by atoms with Gasteiger partial charge < -0.3 is 9.15 Å². The van der Waals surface area contributed by atoms with Gasteiger partial charge in [0.1, 0.15) is 5.52 Å². The first-order valence-corrected chi connectivity index (χ1v) is 4.81. The van der Waals surface area contributed by atoms with Crippen molar-refractivity contribution < 1.29 is 13.9 Å². The molecule has 1 heterocycles. The quantitative estimate of drug-likeness (QED) is 0.618. The predicted octanol–water partition coefficient (Wildman–Crippen LogP) is 2.56. The van der Waals surface area contributed by atoms with Gasteiger partial charge >= 0.3 is 5.97 Å². The molecule has 0 radical (unpaired) electrons. The molecule has 15 heavy (non-hydrogen) atoms. The van der Waals surface area contributed by atoms with Gasteiger partial charge in [-0.25, -0.2) is 9.78 Å². The minimum Gasteiger partial charge on any atom is -0.465 e. The molecule has 4 nitrogen and oxygen atoms in total. The Morgan fingerprint density at radius 2 is 2.33 bits per heavy atom. The van der Waals surface area contributed by atoms with Crippen LogP contribution in [-0.4, -0.2) is 18.1 Å². The number of nitrogens with zero attached hydrogens (tertiary/aromatic N) is 1. The van der Waals surface area contributed by atoms with E-state index in [0.29, 0.717) is 11.1 Å². The lowest BCUT2D eigenvalue weighted by Gasteiger charge is -2.00. The minimum absolute atomic E-state index is 0.225. The van der Waals surface area contributed by atoms with E-state index in [-0.39, 0.29) is 15.8 Å². The van der Waals surface area contributed by atoms with Crippen molar-refractivity contribution in [2.75, 3.05) is 7.11 Å². The van der Waals surface area contributed by atoms with Crippen LogP contribution in [0.2, 0.25) is 5.02 Å². The fraction of sp³-hybridized carbons (Fsp3) is 0.111. The Hall–Kier alpha value is -1.20. The summed E-state index contributed by atoms with van der Waals surface area (Å²) >= 11 is 9.82. The molecule has 0 atom stereocenters. The van der Waals surface area contributed by atoms with Gasteiger partial charge in [-0.05, 0) is 6.07 Å². The number of fused-ring (bicyclic) bond motifs is 1. The number of halogens is 1. The van der Waals surface area contributed by atoms with Crippen LogP contribution in [0.15, 0.2) is 21.8 Å². The first-order valence-electron chi connectivity index (χ1n) is 3.99. The van der Waals surface area contributed by atoms with Crippen LogP contribution >= 0.6 is 24.2 Å². The summed E-state index contributed by atoms with van der Waals surface area (Å²) in [5.41, 5.74) is 1.26. The topological polar surface area (TPSA) is 52.3 Å². The molecule has 2 rings (SSSR count). The zero-order chi connectivity index (χ0) is 11.0. The van der Waals surface area contributed by atoms with Gasteiger partial charge in [-0.15, -0.1) is 0 Å². The molecule has 0 aliphatic rings. The number of oxazole rings is 1.